The van der Waals surface area contributed by atoms with Crippen LogP contribution in [0.25, 0.3) is 33.0 Å². The largest absolute Gasteiger partial charge is 0.310 e. The molecule has 0 saturated heterocycles. The summed E-state index contributed by atoms with van der Waals surface area (Å²) in [5, 5.41) is 2.45. The Balaban J connectivity index is 1.07. The molecule has 10 aromatic carbocycles. The minimum atomic E-state index is -0.474. The maximum atomic E-state index is 2.54. The van der Waals surface area contributed by atoms with Crippen LogP contribution in [-0.2, 0) is 10.8 Å². The first-order valence-corrected chi connectivity index (χ1v) is 23.4. The van der Waals surface area contributed by atoms with Crippen molar-refractivity contribution in [1.82, 2.24) is 0 Å². The van der Waals surface area contributed by atoms with Crippen molar-refractivity contribution in [3.63, 3.8) is 0 Å². The molecule has 0 saturated carbocycles. The third-order valence-electron chi connectivity index (χ3n) is 14.2. The lowest BCUT2D eigenvalue weighted by atomic mass is 9.67. The van der Waals surface area contributed by atoms with Crippen LogP contribution in [0.5, 0.6) is 0 Å². The van der Waals surface area contributed by atoms with E-state index in [0.29, 0.717) is 0 Å². The zero-order valence-corrected chi connectivity index (χ0v) is 35.8. The van der Waals surface area contributed by atoms with Crippen LogP contribution in [0.3, 0.4) is 0 Å². The SMILES string of the molecule is c1ccc2c(c1)Sc1ccccc1C21c2ccccc2-c2cc(N(c3ccc4ccccc4c3)c3cccc4c3-c3ccccc3C43c4ccccc4Sc4ccccc43)ccc21. The summed E-state index contributed by atoms with van der Waals surface area (Å²) in [7, 11) is 0. The quantitative estimate of drug-likeness (QED) is 0.175. The van der Waals surface area contributed by atoms with Crippen molar-refractivity contribution in [2.45, 2.75) is 30.4 Å². The molecule has 294 valence electrons. The van der Waals surface area contributed by atoms with Gasteiger partial charge in [-0.1, -0.05) is 193 Å². The van der Waals surface area contributed by atoms with Crippen LogP contribution in [0, 0.1) is 0 Å². The predicted molar refractivity (Wildman–Crippen MR) is 261 cm³/mol. The number of fused-ring (bicyclic) bond motifs is 19. The molecule has 10 aromatic rings. The fraction of sp³-hybridized carbons (Fsp3) is 0.0333. The first-order chi connectivity index (χ1) is 31.2. The summed E-state index contributed by atoms with van der Waals surface area (Å²) < 4.78 is 0. The van der Waals surface area contributed by atoms with E-state index in [1.165, 1.54) is 103 Å². The molecule has 3 heteroatoms. The monoisotopic (exact) mass is 835 g/mol. The number of hydrogen-bond acceptors (Lipinski definition) is 3. The van der Waals surface area contributed by atoms with Crippen LogP contribution in [-0.4, -0.2) is 0 Å². The number of anilines is 3. The molecule has 0 aromatic heterocycles. The maximum Gasteiger partial charge on any atom is 0.0736 e. The number of hydrogen-bond donors (Lipinski definition) is 0. The molecule has 2 aliphatic carbocycles. The molecule has 2 heterocycles. The zero-order valence-electron chi connectivity index (χ0n) is 34.1. The highest BCUT2D eigenvalue weighted by Gasteiger charge is 2.52. The van der Waals surface area contributed by atoms with Gasteiger partial charge in [-0.3, -0.25) is 0 Å². The number of rotatable bonds is 3. The van der Waals surface area contributed by atoms with Gasteiger partial charge in [0, 0.05) is 36.5 Å². The third kappa shape index (κ3) is 4.66. The lowest BCUT2D eigenvalue weighted by molar-refractivity contribution is 0.722. The van der Waals surface area contributed by atoms with Crippen molar-refractivity contribution in [2.24, 2.45) is 0 Å². The number of benzene rings is 10. The summed E-state index contributed by atoms with van der Waals surface area (Å²) in [5.41, 5.74) is 18.4. The Bertz CT molecular complexity index is 3470. The van der Waals surface area contributed by atoms with E-state index in [0.717, 1.165) is 11.4 Å². The highest BCUT2D eigenvalue weighted by Crippen LogP contribution is 2.66. The molecule has 0 atom stereocenters. The lowest BCUT2D eigenvalue weighted by Crippen LogP contribution is -2.32. The number of nitrogens with zero attached hydrogens (tertiary/aromatic N) is 1. The standard InChI is InChI=1S/C60H37NS2/c1-2-17-39-36-40(33-32-38(39)16-1)61(41-34-35-47-44(37-41)42-18-3-5-20-45(42)59(47)48-22-7-11-28-54(48)62-55-29-12-8-23-49(55)59)53-27-15-26-52-58(53)43-19-4-6-21-46(43)60(52)50-24-9-13-30-56(50)63-57-31-14-10-25-51(57)60/h1-37H. The van der Waals surface area contributed by atoms with E-state index in [9.17, 15) is 0 Å². The first kappa shape index (κ1) is 35.5. The summed E-state index contributed by atoms with van der Waals surface area (Å²) in [6, 6.07) is 84.7. The third-order valence-corrected chi connectivity index (χ3v) is 16.5. The fourth-order valence-electron chi connectivity index (χ4n) is 11.8. The van der Waals surface area contributed by atoms with Gasteiger partial charge in [-0.2, -0.15) is 0 Å². The smallest absolute Gasteiger partial charge is 0.0736 e. The van der Waals surface area contributed by atoms with Gasteiger partial charge in [-0.25, -0.2) is 0 Å². The Kier molecular flexibility index (Phi) is 7.47. The van der Waals surface area contributed by atoms with Gasteiger partial charge in [-0.05, 0) is 127 Å². The summed E-state index contributed by atoms with van der Waals surface area (Å²) in [5.74, 6) is 0. The Morgan fingerprint density at radius 2 is 0.714 bits per heavy atom. The lowest BCUT2D eigenvalue weighted by Gasteiger charge is -2.40. The van der Waals surface area contributed by atoms with Gasteiger partial charge in [0.2, 0.25) is 0 Å². The molecule has 0 radical (unpaired) electrons. The highest BCUT2D eigenvalue weighted by molar-refractivity contribution is 7.99. The topological polar surface area (TPSA) is 3.24 Å². The van der Waals surface area contributed by atoms with Gasteiger partial charge >= 0.3 is 0 Å². The van der Waals surface area contributed by atoms with E-state index in [2.05, 4.69) is 229 Å². The second-order valence-corrected chi connectivity index (χ2v) is 19.2. The van der Waals surface area contributed by atoms with Gasteiger partial charge < -0.3 is 4.90 Å². The van der Waals surface area contributed by atoms with Crippen LogP contribution in [0.4, 0.5) is 17.1 Å². The van der Waals surface area contributed by atoms with E-state index in [4.69, 9.17) is 0 Å². The average Bonchev–Trinajstić information content (AvgIpc) is 3.80. The van der Waals surface area contributed by atoms with Crippen LogP contribution >= 0.6 is 23.5 Å². The average molecular weight is 836 g/mol. The fourth-order valence-corrected chi connectivity index (χ4v) is 14.2. The Hall–Kier alpha value is -7.04. The van der Waals surface area contributed by atoms with E-state index in [-0.39, 0.29) is 0 Å². The van der Waals surface area contributed by atoms with Gasteiger partial charge in [0.05, 0.1) is 16.5 Å². The molecule has 2 aliphatic heterocycles. The van der Waals surface area contributed by atoms with Crippen LogP contribution < -0.4 is 4.90 Å². The minimum absolute atomic E-state index is 0.435. The summed E-state index contributed by atoms with van der Waals surface area (Å²) in [6.45, 7) is 0. The van der Waals surface area contributed by atoms with Crippen molar-refractivity contribution >= 4 is 51.4 Å². The highest BCUT2D eigenvalue weighted by atomic mass is 32.2. The van der Waals surface area contributed by atoms with E-state index < -0.39 is 10.8 Å². The van der Waals surface area contributed by atoms with Gasteiger partial charge in [-0.15, -0.1) is 0 Å². The molecular weight excluding hydrogens is 799 g/mol. The predicted octanol–water partition coefficient (Wildman–Crippen LogP) is 16.0. The Morgan fingerprint density at radius 1 is 0.286 bits per heavy atom. The summed E-state index contributed by atoms with van der Waals surface area (Å²) >= 11 is 3.79. The first-order valence-electron chi connectivity index (χ1n) is 21.7. The van der Waals surface area contributed by atoms with Crippen LogP contribution in [0.15, 0.2) is 244 Å². The second-order valence-electron chi connectivity index (χ2n) is 17.1. The normalized spacial score (nSPS) is 14.8. The molecule has 0 amide bonds. The van der Waals surface area contributed by atoms with E-state index in [1.807, 2.05) is 23.5 Å². The molecule has 4 aliphatic rings. The van der Waals surface area contributed by atoms with Gasteiger partial charge in [0.15, 0.2) is 0 Å². The van der Waals surface area contributed by atoms with Crippen molar-refractivity contribution in [2.75, 3.05) is 4.90 Å². The molecule has 1 nitrogen and oxygen atoms in total. The zero-order chi connectivity index (χ0) is 41.3. The molecule has 2 spiro atoms. The van der Waals surface area contributed by atoms with Crippen LogP contribution in [0.1, 0.15) is 44.5 Å². The molecule has 0 fully saturated rings. The Morgan fingerprint density at radius 3 is 1.33 bits per heavy atom. The maximum absolute atomic E-state index is 2.54. The van der Waals surface area contributed by atoms with Crippen molar-refractivity contribution < 1.29 is 0 Å². The van der Waals surface area contributed by atoms with Crippen molar-refractivity contribution in [3.8, 4) is 22.3 Å². The van der Waals surface area contributed by atoms with Gasteiger partial charge in [0.1, 0.15) is 0 Å². The molecule has 0 unspecified atom stereocenters. The van der Waals surface area contributed by atoms with Crippen molar-refractivity contribution in [3.05, 3.63) is 269 Å². The molecular formula is C60H37NS2. The van der Waals surface area contributed by atoms with E-state index >= 15 is 0 Å². The second kappa shape index (κ2) is 13.2. The minimum Gasteiger partial charge on any atom is -0.310 e. The Labute approximate surface area is 375 Å². The summed E-state index contributed by atoms with van der Waals surface area (Å²) in [6.07, 6.45) is 0. The summed E-state index contributed by atoms with van der Waals surface area (Å²) in [4.78, 5) is 7.80. The van der Waals surface area contributed by atoms with Crippen molar-refractivity contribution in [1.29, 1.82) is 0 Å². The van der Waals surface area contributed by atoms with Crippen LogP contribution in [0.2, 0.25) is 0 Å². The van der Waals surface area contributed by atoms with E-state index in [1.54, 1.807) is 0 Å². The molecule has 14 rings (SSSR count). The molecule has 63 heavy (non-hydrogen) atoms. The van der Waals surface area contributed by atoms with Gasteiger partial charge in [0.25, 0.3) is 0 Å². The molecule has 0 N–H and O–H groups in total. The molecule has 0 bridgehead atoms.